The summed E-state index contributed by atoms with van der Waals surface area (Å²) in [7, 11) is -3.84. The summed E-state index contributed by atoms with van der Waals surface area (Å²) in [5.41, 5.74) is -1.50. The summed E-state index contributed by atoms with van der Waals surface area (Å²) in [6.45, 7) is 4.32. The molecule has 1 aliphatic rings. The van der Waals surface area contributed by atoms with Crippen LogP contribution in [0.2, 0.25) is 0 Å². The summed E-state index contributed by atoms with van der Waals surface area (Å²) in [4.78, 5) is 25.5. The molecule has 0 atom stereocenters. The molecule has 0 radical (unpaired) electrons. The molecule has 162 valence electrons. The van der Waals surface area contributed by atoms with E-state index >= 15 is 0 Å². The minimum atomic E-state index is -3.84. The van der Waals surface area contributed by atoms with E-state index in [0.717, 1.165) is 50.3 Å². The van der Waals surface area contributed by atoms with Gasteiger partial charge in [0.05, 0.1) is 10.5 Å². The van der Waals surface area contributed by atoms with Crippen molar-refractivity contribution in [1.82, 2.24) is 15.4 Å². The number of halogens is 1. The van der Waals surface area contributed by atoms with Crippen LogP contribution in [0.25, 0.3) is 0 Å². The Labute approximate surface area is 171 Å². The first-order valence-electron chi connectivity index (χ1n) is 10.2. The molecular formula is C20H30FN3O4S. The third kappa shape index (κ3) is 5.76. The lowest BCUT2D eigenvalue weighted by atomic mass is 9.80. The molecule has 0 unspecified atom stereocenters. The van der Waals surface area contributed by atoms with Gasteiger partial charge in [0, 0.05) is 13.1 Å². The van der Waals surface area contributed by atoms with Crippen molar-refractivity contribution >= 4 is 21.8 Å². The highest BCUT2D eigenvalue weighted by Gasteiger charge is 2.41. The van der Waals surface area contributed by atoms with Gasteiger partial charge in [-0.15, -0.1) is 0 Å². The molecule has 29 heavy (non-hydrogen) atoms. The number of hydrogen-bond acceptors (Lipinski definition) is 4. The highest BCUT2D eigenvalue weighted by atomic mass is 32.2. The second-order valence-electron chi connectivity index (χ2n) is 7.35. The van der Waals surface area contributed by atoms with Crippen LogP contribution in [0.3, 0.4) is 0 Å². The van der Waals surface area contributed by atoms with Crippen molar-refractivity contribution in [2.24, 2.45) is 0 Å². The predicted octanol–water partition coefficient (Wildman–Crippen LogP) is 2.47. The van der Waals surface area contributed by atoms with Gasteiger partial charge in [0.1, 0.15) is 11.4 Å². The molecule has 9 heteroatoms. The Morgan fingerprint density at radius 1 is 1.14 bits per heavy atom. The van der Waals surface area contributed by atoms with Gasteiger partial charge in [-0.05, 0) is 37.5 Å². The topological polar surface area (TPSA) is 104 Å². The number of rotatable bonds is 9. The van der Waals surface area contributed by atoms with Crippen molar-refractivity contribution < 1.29 is 22.4 Å². The summed E-state index contributed by atoms with van der Waals surface area (Å²) >= 11 is 0. The van der Waals surface area contributed by atoms with Crippen LogP contribution in [-0.4, -0.2) is 38.9 Å². The van der Waals surface area contributed by atoms with Crippen LogP contribution in [0.1, 0.15) is 69.2 Å². The molecule has 0 aromatic heterocycles. The standard InChI is InChI=1S/C20H30FN3O4S/c1-3-5-13-22-19(26)20(11-7-6-8-12-20)24-18(25)16-14-15(9-10-17(16)21)29(27,28)23-4-2/h9-10,14,23H,3-8,11-13H2,1-2H3,(H,22,26)(H,24,25). The van der Waals surface area contributed by atoms with Crippen LogP contribution in [0.4, 0.5) is 4.39 Å². The molecule has 1 saturated carbocycles. The van der Waals surface area contributed by atoms with Crippen molar-refractivity contribution in [3.63, 3.8) is 0 Å². The highest BCUT2D eigenvalue weighted by molar-refractivity contribution is 7.89. The van der Waals surface area contributed by atoms with E-state index in [9.17, 15) is 22.4 Å². The van der Waals surface area contributed by atoms with E-state index in [2.05, 4.69) is 15.4 Å². The van der Waals surface area contributed by atoms with E-state index < -0.39 is 32.9 Å². The van der Waals surface area contributed by atoms with E-state index in [1.807, 2.05) is 6.92 Å². The molecule has 0 saturated heterocycles. The largest absolute Gasteiger partial charge is 0.354 e. The molecule has 0 spiro atoms. The lowest BCUT2D eigenvalue weighted by Crippen LogP contribution is -2.59. The molecule has 1 aromatic carbocycles. The van der Waals surface area contributed by atoms with Crippen LogP contribution in [0.15, 0.2) is 23.1 Å². The summed E-state index contributed by atoms with van der Waals surface area (Å²) in [6.07, 6.45) is 5.20. The van der Waals surface area contributed by atoms with Crippen molar-refractivity contribution in [3.8, 4) is 0 Å². The van der Waals surface area contributed by atoms with Gasteiger partial charge < -0.3 is 10.6 Å². The van der Waals surface area contributed by atoms with E-state index in [-0.39, 0.29) is 17.3 Å². The van der Waals surface area contributed by atoms with Crippen molar-refractivity contribution in [1.29, 1.82) is 0 Å². The van der Waals surface area contributed by atoms with Gasteiger partial charge in [-0.1, -0.05) is 39.5 Å². The van der Waals surface area contributed by atoms with E-state index in [1.165, 1.54) is 0 Å². The van der Waals surface area contributed by atoms with Crippen LogP contribution in [0.5, 0.6) is 0 Å². The number of unbranched alkanes of at least 4 members (excludes halogenated alkanes) is 1. The second kappa shape index (κ2) is 10.2. The molecule has 7 nitrogen and oxygen atoms in total. The Kier molecular flexibility index (Phi) is 8.15. The number of carbonyl (C=O) groups excluding carboxylic acids is 2. The smallest absolute Gasteiger partial charge is 0.255 e. The lowest BCUT2D eigenvalue weighted by molar-refractivity contribution is -0.128. The Morgan fingerprint density at radius 2 is 1.83 bits per heavy atom. The van der Waals surface area contributed by atoms with Crippen molar-refractivity contribution in [2.75, 3.05) is 13.1 Å². The minimum Gasteiger partial charge on any atom is -0.354 e. The molecular weight excluding hydrogens is 397 g/mol. The fourth-order valence-electron chi connectivity index (χ4n) is 3.52. The molecule has 3 N–H and O–H groups in total. The monoisotopic (exact) mass is 427 g/mol. The first kappa shape index (κ1) is 23.3. The zero-order valence-corrected chi connectivity index (χ0v) is 17.8. The highest BCUT2D eigenvalue weighted by Crippen LogP contribution is 2.29. The Morgan fingerprint density at radius 3 is 2.45 bits per heavy atom. The van der Waals surface area contributed by atoms with Gasteiger partial charge in [-0.2, -0.15) is 0 Å². The summed E-state index contributed by atoms with van der Waals surface area (Å²) in [6, 6.07) is 3.07. The van der Waals surface area contributed by atoms with Crippen LogP contribution in [0, 0.1) is 5.82 Å². The number of sulfonamides is 1. The average molecular weight is 428 g/mol. The number of nitrogens with one attached hydrogen (secondary N) is 3. The van der Waals surface area contributed by atoms with E-state index in [0.29, 0.717) is 19.4 Å². The molecule has 0 heterocycles. The number of benzene rings is 1. The third-order valence-corrected chi connectivity index (χ3v) is 6.68. The fraction of sp³-hybridized carbons (Fsp3) is 0.600. The number of amides is 2. The van der Waals surface area contributed by atoms with E-state index in [4.69, 9.17) is 0 Å². The Balaban J connectivity index is 2.28. The normalized spacial score (nSPS) is 16.2. The van der Waals surface area contributed by atoms with Crippen molar-refractivity contribution in [3.05, 3.63) is 29.6 Å². The van der Waals surface area contributed by atoms with Gasteiger partial charge in [0.2, 0.25) is 15.9 Å². The molecule has 0 aliphatic heterocycles. The maximum atomic E-state index is 14.3. The average Bonchev–Trinajstić information content (AvgIpc) is 2.68. The first-order valence-corrected chi connectivity index (χ1v) is 11.6. The Bertz CT molecular complexity index is 836. The summed E-state index contributed by atoms with van der Waals surface area (Å²) < 4.78 is 41.1. The number of carbonyl (C=O) groups is 2. The van der Waals surface area contributed by atoms with Gasteiger partial charge in [0.25, 0.3) is 5.91 Å². The molecule has 2 rings (SSSR count). The molecule has 0 bridgehead atoms. The molecule has 1 aliphatic carbocycles. The predicted molar refractivity (Wildman–Crippen MR) is 108 cm³/mol. The fourth-order valence-corrected chi connectivity index (χ4v) is 4.58. The van der Waals surface area contributed by atoms with Crippen molar-refractivity contribution in [2.45, 2.75) is 69.2 Å². The Hall–Kier alpha value is -2.00. The zero-order chi connectivity index (χ0) is 21.5. The molecule has 1 aromatic rings. The van der Waals surface area contributed by atoms with Gasteiger partial charge in [0.15, 0.2) is 0 Å². The minimum absolute atomic E-state index is 0.169. The maximum Gasteiger partial charge on any atom is 0.255 e. The molecule has 1 fully saturated rings. The zero-order valence-electron chi connectivity index (χ0n) is 17.0. The van der Waals surface area contributed by atoms with Gasteiger partial charge >= 0.3 is 0 Å². The van der Waals surface area contributed by atoms with Crippen LogP contribution < -0.4 is 15.4 Å². The first-order chi connectivity index (χ1) is 13.8. The van der Waals surface area contributed by atoms with Crippen LogP contribution >= 0.6 is 0 Å². The van der Waals surface area contributed by atoms with Gasteiger partial charge in [-0.3, -0.25) is 9.59 Å². The summed E-state index contributed by atoms with van der Waals surface area (Å²) in [5, 5.41) is 5.59. The lowest BCUT2D eigenvalue weighted by Gasteiger charge is -2.36. The third-order valence-electron chi connectivity index (χ3n) is 5.14. The van der Waals surface area contributed by atoms with Gasteiger partial charge in [-0.25, -0.2) is 17.5 Å². The van der Waals surface area contributed by atoms with Crippen LogP contribution in [-0.2, 0) is 14.8 Å². The number of hydrogen-bond donors (Lipinski definition) is 3. The second-order valence-corrected chi connectivity index (χ2v) is 9.12. The molecule has 2 amide bonds. The van der Waals surface area contributed by atoms with E-state index in [1.54, 1.807) is 6.92 Å². The maximum absolute atomic E-state index is 14.3. The summed E-state index contributed by atoms with van der Waals surface area (Å²) in [5.74, 6) is -1.89. The quantitative estimate of drug-likeness (QED) is 0.527. The SMILES string of the molecule is CCCCNC(=O)C1(NC(=O)c2cc(S(=O)(=O)NCC)ccc2F)CCCCC1.